The molecule has 2 atom stereocenters. The summed E-state index contributed by atoms with van der Waals surface area (Å²) in [5.41, 5.74) is 2.27. The zero-order chi connectivity index (χ0) is 23.1. The van der Waals surface area contributed by atoms with E-state index in [1.165, 1.54) is 6.20 Å². The van der Waals surface area contributed by atoms with Crippen LogP contribution in [0.5, 0.6) is 0 Å². The van der Waals surface area contributed by atoms with Crippen molar-refractivity contribution in [3.63, 3.8) is 0 Å². The van der Waals surface area contributed by atoms with Gasteiger partial charge < -0.3 is 20.1 Å². The number of rotatable bonds is 5. The molecular formula is C21H24ClF2N7O2. The first-order chi connectivity index (χ1) is 15.9. The predicted molar refractivity (Wildman–Crippen MR) is 120 cm³/mol. The molecule has 3 aromatic rings. The third-order valence-corrected chi connectivity index (χ3v) is 6.57. The van der Waals surface area contributed by atoms with Crippen LogP contribution in [0, 0.1) is 6.92 Å². The van der Waals surface area contributed by atoms with Gasteiger partial charge in [0.15, 0.2) is 0 Å². The van der Waals surface area contributed by atoms with Gasteiger partial charge in [-0.3, -0.25) is 4.90 Å². The number of fused-ring (bicyclic) bond motifs is 1. The summed E-state index contributed by atoms with van der Waals surface area (Å²) in [7, 11) is 0. The van der Waals surface area contributed by atoms with Crippen LogP contribution < -0.4 is 10.2 Å². The van der Waals surface area contributed by atoms with E-state index in [0.717, 1.165) is 37.3 Å². The van der Waals surface area contributed by atoms with Crippen molar-refractivity contribution in [1.29, 1.82) is 0 Å². The van der Waals surface area contributed by atoms with Crippen LogP contribution in [-0.2, 0) is 4.74 Å². The second-order valence-electron chi connectivity index (χ2n) is 8.24. The monoisotopic (exact) mass is 479 g/mol. The third kappa shape index (κ3) is 4.33. The lowest BCUT2D eigenvalue weighted by Gasteiger charge is -2.39. The highest BCUT2D eigenvalue weighted by Crippen LogP contribution is 2.32. The highest BCUT2D eigenvalue weighted by molar-refractivity contribution is 6.34. The number of alkyl halides is 2. The summed E-state index contributed by atoms with van der Waals surface area (Å²) in [5, 5.41) is 18.2. The number of aliphatic hydroxyl groups is 1. The largest absolute Gasteiger partial charge is 0.389 e. The molecule has 0 saturated carbocycles. The van der Waals surface area contributed by atoms with Gasteiger partial charge in [-0.1, -0.05) is 11.6 Å². The average molecular weight is 480 g/mol. The Morgan fingerprint density at radius 2 is 1.97 bits per heavy atom. The molecule has 0 bridgehead atoms. The topological polar surface area (TPSA) is 91.6 Å². The van der Waals surface area contributed by atoms with E-state index >= 15 is 0 Å². The first kappa shape index (κ1) is 22.2. The summed E-state index contributed by atoms with van der Waals surface area (Å²) in [6, 6.07) is 3.79. The lowest BCUT2D eigenvalue weighted by molar-refractivity contribution is 0.0545. The van der Waals surface area contributed by atoms with Gasteiger partial charge in [-0.2, -0.15) is 13.9 Å². The molecule has 0 radical (unpaired) electrons. The zero-order valence-electron chi connectivity index (χ0n) is 18.0. The molecule has 2 aliphatic rings. The van der Waals surface area contributed by atoms with Crippen LogP contribution in [0.1, 0.15) is 12.2 Å². The number of ether oxygens (including phenoxy) is 1. The fourth-order valence-corrected chi connectivity index (χ4v) is 4.67. The molecule has 0 spiro atoms. The minimum absolute atomic E-state index is 0.0403. The fraction of sp³-hybridized carbons (Fsp3) is 0.476. The number of hydrogen-bond acceptors (Lipinski definition) is 8. The lowest BCUT2D eigenvalue weighted by atomic mass is 10.1. The van der Waals surface area contributed by atoms with Crippen LogP contribution >= 0.6 is 11.6 Å². The predicted octanol–water partition coefficient (Wildman–Crippen LogP) is 2.81. The number of anilines is 3. The quantitative estimate of drug-likeness (QED) is 0.577. The van der Waals surface area contributed by atoms with Crippen LogP contribution in [0.15, 0.2) is 24.5 Å². The molecule has 176 valence electrons. The van der Waals surface area contributed by atoms with Gasteiger partial charge in [-0.25, -0.2) is 14.6 Å². The van der Waals surface area contributed by atoms with Crippen LogP contribution in [0.4, 0.5) is 26.1 Å². The second-order valence-corrected chi connectivity index (χ2v) is 8.65. The zero-order valence-corrected chi connectivity index (χ0v) is 18.7. The number of halogens is 3. The summed E-state index contributed by atoms with van der Waals surface area (Å²) in [6.45, 7) is 2.89. The van der Waals surface area contributed by atoms with E-state index in [4.69, 9.17) is 16.3 Å². The molecule has 12 heteroatoms. The van der Waals surface area contributed by atoms with Crippen molar-refractivity contribution in [2.45, 2.75) is 25.6 Å². The molecule has 0 aliphatic carbocycles. The Hall–Kier alpha value is -2.60. The summed E-state index contributed by atoms with van der Waals surface area (Å²) >= 11 is 6.58. The molecule has 0 amide bonds. The average Bonchev–Trinajstić information content (AvgIpc) is 3.39. The van der Waals surface area contributed by atoms with Gasteiger partial charge >= 0.3 is 6.55 Å². The molecule has 2 aromatic heterocycles. The maximum atomic E-state index is 13.0. The Bertz CT molecular complexity index is 1150. The van der Waals surface area contributed by atoms with Crippen molar-refractivity contribution in [3.05, 3.63) is 35.2 Å². The lowest BCUT2D eigenvalue weighted by Crippen LogP contribution is -2.53. The number of aliphatic hydroxyl groups excluding tert-OH is 1. The van der Waals surface area contributed by atoms with Crippen molar-refractivity contribution in [2.24, 2.45) is 0 Å². The summed E-state index contributed by atoms with van der Waals surface area (Å²) in [5.74, 6) is 0.285. The van der Waals surface area contributed by atoms with Crippen molar-refractivity contribution >= 4 is 39.8 Å². The van der Waals surface area contributed by atoms with Gasteiger partial charge in [0.25, 0.3) is 0 Å². The van der Waals surface area contributed by atoms with Crippen LogP contribution in [0.25, 0.3) is 10.9 Å². The molecule has 1 aromatic carbocycles. The van der Waals surface area contributed by atoms with Crippen molar-refractivity contribution < 1.29 is 18.6 Å². The number of piperazine rings is 1. The van der Waals surface area contributed by atoms with E-state index in [9.17, 15) is 13.9 Å². The first-order valence-corrected chi connectivity index (χ1v) is 11.1. The molecule has 0 unspecified atom stereocenters. The van der Waals surface area contributed by atoms with Gasteiger partial charge in [0.05, 0.1) is 59.2 Å². The fourth-order valence-electron chi connectivity index (χ4n) is 4.38. The molecule has 33 heavy (non-hydrogen) atoms. The highest BCUT2D eigenvalue weighted by atomic mass is 35.5. The Morgan fingerprint density at radius 3 is 2.64 bits per heavy atom. The molecule has 5 rings (SSSR count). The standard InChI is InChI=1S/C21H24ClF2N7O2/c1-12-16(9-26-31(12)20(23)24)28-21-25-8-13-6-14(22)17(7-15(13)27-21)29-2-4-30(5-3-29)18-10-33-11-19(18)32/h6-9,18-20,32H,2-5,10-11H2,1H3,(H,25,27,28)/t18-,19+/m0/s1. The van der Waals surface area contributed by atoms with Crippen LogP contribution in [0.3, 0.4) is 0 Å². The third-order valence-electron chi connectivity index (χ3n) is 6.27. The van der Waals surface area contributed by atoms with Gasteiger partial charge in [-0.05, 0) is 19.1 Å². The maximum absolute atomic E-state index is 13.0. The highest BCUT2D eigenvalue weighted by Gasteiger charge is 2.33. The van der Waals surface area contributed by atoms with E-state index in [-0.39, 0.29) is 12.0 Å². The van der Waals surface area contributed by atoms with Crippen LogP contribution in [-0.4, -0.2) is 81.3 Å². The van der Waals surface area contributed by atoms with Gasteiger partial charge in [0.1, 0.15) is 0 Å². The van der Waals surface area contributed by atoms with Crippen molar-refractivity contribution in [1.82, 2.24) is 24.6 Å². The number of nitrogens with one attached hydrogen (secondary N) is 1. The Morgan fingerprint density at radius 1 is 1.18 bits per heavy atom. The molecular weight excluding hydrogens is 456 g/mol. The van der Waals surface area contributed by atoms with Gasteiger partial charge in [0, 0.05) is 37.8 Å². The molecule has 2 fully saturated rings. The smallest absolute Gasteiger partial charge is 0.333 e. The molecule has 9 nitrogen and oxygen atoms in total. The van der Waals surface area contributed by atoms with E-state index in [1.54, 1.807) is 13.1 Å². The molecule has 2 N–H and O–H groups in total. The van der Waals surface area contributed by atoms with E-state index in [2.05, 4.69) is 30.2 Å². The van der Waals surface area contributed by atoms with Crippen LogP contribution in [0.2, 0.25) is 5.02 Å². The Balaban J connectivity index is 1.34. The number of benzene rings is 1. The Labute approximate surface area is 193 Å². The SMILES string of the molecule is Cc1c(Nc2ncc3cc(Cl)c(N4CCN([C@H]5COC[C@H]5O)CC4)cc3n2)cnn1C(F)F. The van der Waals surface area contributed by atoms with Gasteiger partial charge in [-0.15, -0.1) is 0 Å². The molecule has 4 heterocycles. The Kier molecular flexibility index (Phi) is 6.04. The number of nitrogens with zero attached hydrogens (tertiary/aromatic N) is 6. The van der Waals surface area contributed by atoms with Crippen molar-refractivity contribution in [2.75, 3.05) is 49.6 Å². The van der Waals surface area contributed by atoms with Gasteiger partial charge in [0.2, 0.25) is 5.95 Å². The van der Waals surface area contributed by atoms with E-state index in [1.807, 2.05) is 12.1 Å². The number of aromatic nitrogens is 4. The van der Waals surface area contributed by atoms with E-state index in [0.29, 0.717) is 39.8 Å². The second kappa shape index (κ2) is 8.98. The maximum Gasteiger partial charge on any atom is 0.333 e. The normalized spacial score (nSPS) is 21.9. The first-order valence-electron chi connectivity index (χ1n) is 10.7. The summed E-state index contributed by atoms with van der Waals surface area (Å²) in [4.78, 5) is 13.3. The molecule has 2 saturated heterocycles. The van der Waals surface area contributed by atoms with Crippen molar-refractivity contribution in [3.8, 4) is 0 Å². The minimum Gasteiger partial charge on any atom is -0.389 e. The summed E-state index contributed by atoms with van der Waals surface area (Å²) in [6.07, 6.45) is 2.53. The minimum atomic E-state index is -2.72. The molecule has 2 aliphatic heterocycles. The summed E-state index contributed by atoms with van der Waals surface area (Å²) < 4.78 is 32.0. The number of hydrogen-bond donors (Lipinski definition) is 2. The van der Waals surface area contributed by atoms with E-state index < -0.39 is 12.7 Å².